The molecule has 0 radical (unpaired) electrons. The summed E-state index contributed by atoms with van der Waals surface area (Å²) in [5.74, 6) is 0.620. The zero-order valence-electron chi connectivity index (χ0n) is 13.9. The lowest BCUT2D eigenvalue weighted by Crippen LogP contribution is -2.37. The topological polar surface area (TPSA) is 71.3 Å². The summed E-state index contributed by atoms with van der Waals surface area (Å²) in [6.45, 7) is 3.59. The van der Waals surface area contributed by atoms with Crippen LogP contribution in [0.3, 0.4) is 0 Å². The van der Waals surface area contributed by atoms with Gasteiger partial charge in [-0.05, 0) is 31.5 Å². The zero-order chi connectivity index (χ0) is 17.5. The number of hydrogen-bond donors (Lipinski definition) is 1. The van der Waals surface area contributed by atoms with Crippen molar-refractivity contribution in [1.82, 2.24) is 5.32 Å². The van der Waals surface area contributed by atoms with Gasteiger partial charge in [0.15, 0.2) is 17.6 Å². The average molecular weight is 324 g/mol. The molecular formula is C19H20N2O3. The maximum Gasteiger partial charge on any atom is 0.261 e. The first kappa shape index (κ1) is 17.4. The number of nitrogens with zero attached hydrogens (tertiary/aromatic N) is 1. The number of amides is 1. The van der Waals surface area contributed by atoms with E-state index in [0.29, 0.717) is 17.1 Å². The number of benzene rings is 2. The molecule has 0 aromatic heterocycles. The highest BCUT2D eigenvalue weighted by atomic mass is 16.5. The van der Waals surface area contributed by atoms with Crippen molar-refractivity contribution >= 4 is 5.91 Å². The highest BCUT2D eigenvalue weighted by Gasteiger charge is 2.19. The fourth-order valence-electron chi connectivity index (χ4n) is 2.23. The number of hydrogen-bond acceptors (Lipinski definition) is 4. The van der Waals surface area contributed by atoms with E-state index in [-0.39, 0.29) is 11.9 Å². The number of carbonyl (C=O) groups excluding carboxylic acids is 1. The van der Waals surface area contributed by atoms with Gasteiger partial charge in [0.25, 0.3) is 5.91 Å². The maximum absolute atomic E-state index is 12.3. The summed E-state index contributed by atoms with van der Waals surface area (Å²) in [6.07, 6.45) is -0.696. The molecular weight excluding hydrogens is 304 g/mol. The van der Waals surface area contributed by atoms with Crippen molar-refractivity contribution < 1.29 is 14.3 Å². The molecule has 2 unspecified atom stereocenters. The minimum absolute atomic E-state index is 0.118. The minimum Gasteiger partial charge on any atom is -0.493 e. The van der Waals surface area contributed by atoms with Crippen LogP contribution in [0, 0.1) is 11.3 Å². The highest BCUT2D eigenvalue weighted by Crippen LogP contribution is 2.28. The molecule has 0 aliphatic carbocycles. The van der Waals surface area contributed by atoms with E-state index < -0.39 is 6.10 Å². The molecule has 2 aromatic carbocycles. The van der Waals surface area contributed by atoms with Crippen molar-refractivity contribution in [2.75, 3.05) is 7.11 Å². The molecule has 124 valence electrons. The summed E-state index contributed by atoms with van der Waals surface area (Å²) >= 11 is 0. The summed E-state index contributed by atoms with van der Waals surface area (Å²) in [5, 5.41) is 11.8. The summed E-state index contributed by atoms with van der Waals surface area (Å²) in [4.78, 5) is 12.3. The van der Waals surface area contributed by atoms with Crippen molar-refractivity contribution in [3.8, 4) is 17.6 Å². The number of nitrogens with one attached hydrogen (secondary N) is 1. The monoisotopic (exact) mass is 324 g/mol. The van der Waals surface area contributed by atoms with Gasteiger partial charge < -0.3 is 14.8 Å². The molecule has 2 aromatic rings. The van der Waals surface area contributed by atoms with Crippen LogP contribution in [0.15, 0.2) is 48.5 Å². The van der Waals surface area contributed by atoms with Gasteiger partial charge in [0.05, 0.1) is 24.8 Å². The molecule has 1 N–H and O–H groups in total. The largest absolute Gasteiger partial charge is 0.493 e. The van der Waals surface area contributed by atoms with Gasteiger partial charge in [-0.25, -0.2) is 0 Å². The van der Waals surface area contributed by atoms with E-state index in [2.05, 4.69) is 5.32 Å². The van der Waals surface area contributed by atoms with Crippen LogP contribution < -0.4 is 14.8 Å². The van der Waals surface area contributed by atoms with E-state index >= 15 is 0 Å². The van der Waals surface area contributed by atoms with Crippen molar-refractivity contribution in [3.63, 3.8) is 0 Å². The van der Waals surface area contributed by atoms with Gasteiger partial charge in [0.2, 0.25) is 0 Å². The Kier molecular flexibility index (Phi) is 5.80. The summed E-state index contributed by atoms with van der Waals surface area (Å²) < 4.78 is 10.9. The van der Waals surface area contributed by atoms with E-state index in [1.165, 1.54) is 7.11 Å². The predicted molar refractivity (Wildman–Crippen MR) is 90.8 cm³/mol. The van der Waals surface area contributed by atoms with Gasteiger partial charge in [-0.15, -0.1) is 0 Å². The Morgan fingerprint density at radius 2 is 1.83 bits per heavy atom. The molecule has 0 bridgehead atoms. The van der Waals surface area contributed by atoms with E-state index in [4.69, 9.17) is 14.7 Å². The Bertz CT molecular complexity index is 738. The van der Waals surface area contributed by atoms with E-state index in [1.54, 1.807) is 25.1 Å². The molecule has 5 nitrogen and oxygen atoms in total. The zero-order valence-corrected chi connectivity index (χ0v) is 13.9. The van der Waals surface area contributed by atoms with Gasteiger partial charge >= 0.3 is 0 Å². The van der Waals surface area contributed by atoms with Crippen LogP contribution in [0.4, 0.5) is 0 Å². The third kappa shape index (κ3) is 4.26. The Labute approximate surface area is 141 Å². The molecule has 2 atom stereocenters. The van der Waals surface area contributed by atoms with Crippen molar-refractivity contribution in [1.29, 1.82) is 5.26 Å². The van der Waals surface area contributed by atoms with Crippen LogP contribution >= 0.6 is 0 Å². The lowest BCUT2D eigenvalue weighted by Gasteiger charge is -2.20. The number of rotatable bonds is 6. The van der Waals surface area contributed by atoms with E-state index in [0.717, 1.165) is 5.56 Å². The van der Waals surface area contributed by atoms with Gasteiger partial charge in [-0.2, -0.15) is 5.26 Å². The van der Waals surface area contributed by atoms with Crippen LogP contribution in [0.5, 0.6) is 11.5 Å². The minimum atomic E-state index is -0.696. The summed E-state index contributed by atoms with van der Waals surface area (Å²) in [6, 6.07) is 16.4. The Hall–Kier alpha value is -3.00. The maximum atomic E-state index is 12.3. The Morgan fingerprint density at radius 1 is 1.12 bits per heavy atom. The van der Waals surface area contributed by atoms with Gasteiger partial charge in [-0.3, -0.25) is 4.79 Å². The summed E-state index contributed by atoms with van der Waals surface area (Å²) in [7, 11) is 1.49. The third-order valence-corrected chi connectivity index (χ3v) is 3.62. The molecule has 0 aliphatic rings. The second-order valence-electron chi connectivity index (χ2n) is 5.38. The van der Waals surface area contributed by atoms with Crippen LogP contribution in [-0.4, -0.2) is 19.1 Å². The second-order valence-corrected chi connectivity index (χ2v) is 5.38. The van der Waals surface area contributed by atoms with Gasteiger partial charge in [0.1, 0.15) is 0 Å². The molecule has 0 saturated carbocycles. The highest BCUT2D eigenvalue weighted by molar-refractivity contribution is 5.81. The third-order valence-electron chi connectivity index (χ3n) is 3.62. The lowest BCUT2D eigenvalue weighted by atomic mass is 10.1. The Morgan fingerprint density at radius 3 is 2.46 bits per heavy atom. The van der Waals surface area contributed by atoms with E-state index in [1.807, 2.05) is 43.3 Å². The standard InChI is InChI=1S/C19H20N2O3/c1-13(16-7-5-4-6-8-16)21-19(22)14(2)24-17-10-9-15(12-20)11-18(17)23-3/h4-11,13-14H,1-3H3,(H,21,22). The first-order valence-corrected chi connectivity index (χ1v) is 7.65. The normalized spacial score (nSPS) is 12.6. The first-order chi connectivity index (χ1) is 11.5. The summed E-state index contributed by atoms with van der Waals surface area (Å²) in [5.41, 5.74) is 1.49. The predicted octanol–water partition coefficient (Wildman–Crippen LogP) is 3.21. The van der Waals surface area contributed by atoms with Crippen molar-refractivity contribution in [2.45, 2.75) is 26.0 Å². The van der Waals surface area contributed by atoms with Crippen molar-refractivity contribution in [2.24, 2.45) is 0 Å². The molecule has 0 saturated heterocycles. The average Bonchev–Trinajstić information content (AvgIpc) is 2.62. The lowest BCUT2D eigenvalue weighted by molar-refractivity contribution is -0.127. The fourth-order valence-corrected chi connectivity index (χ4v) is 2.23. The number of methoxy groups -OCH3 is 1. The number of ether oxygens (including phenoxy) is 2. The van der Waals surface area contributed by atoms with Crippen LogP contribution in [-0.2, 0) is 4.79 Å². The molecule has 1 amide bonds. The van der Waals surface area contributed by atoms with Crippen molar-refractivity contribution in [3.05, 3.63) is 59.7 Å². The fraction of sp³-hybridized carbons (Fsp3) is 0.263. The molecule has 0 spiro atoms. The molecule has 0 heterocycles. The number of carbonyl (C=O) groups is 1. The SMILES string of the molecule is COc1cc(C#N)ccc1OC(C)C(=O)NC(C)c1ccccc1. The molecule has 2 rings (SSSR count). The van der Waals surface area contributed by atoms with Gasteiger partial charge in [-0.1, -0.05) is 30.3 Å². The molecule has 24 heavy (non-hydrogen) atoms. The Balaban J connectivity index is 2.03. The first-order valence-electron chi connectivity index (χ1n) is 7.65. The quantitative estimate of drug-likeness (QED) is 0.885. The van der Waals surface area contributed by atoms with Crippen LogP contribution in [0.1, 0.15) is 31.0 Å². The molecule has 0 aliphatic heterocycles. The number of nitriles is 1. The van der Waals surface area contributed by atoms with E-state index in [9.17, 15) is 4.79 Å². The van der Waals surface area contributed by atoms with Gasteiger partial charge in [0, 0.05) is 6.07 Å². The smallest absolute Gasteiger partial charge is 0.261 e. The van der Waals surface area contributed by atoms with Crippen LogP contribution in [0.2, 0.25) is 0 Å². The molecule has 0 fully saturated rings. The molecule has 5 heteroatoms. The van der Waals surface area contributed by atoms with Crippen LogP contribution in [0.25, 0.3) is 0 Å². The second kappa shape index (κ2) is 8.02.